The minimum absolute atomic E-state index is 0.160. The van der Waals surface area contributed by atoms with Crippen molar-refractivity contribution in [3.63, 3.8) is 0 Å². The van der Waals surface area contributed by atoms with E-state index in [9.17, 15) is 4.79 Å². The molecule has 0 unspecified atom stereocenters. The van der Waals surface area contributed by atoms with E-state index < -0.39 is 0 Å². The summed E-state index contributed by atoms with van der Waals surface area (Å²) in [5.41, 5.74) is 1.88. The maximum atomic E-state index is 12.4. The van der Waals surface area contributed by atoms with Crippen molar-refractivity contribution in [2.75, 3.05) is 0 Å². The number of aromatic amines is 2. The van der Waals surface area contributed by atoms with Gasteiger partial charge in [-0.15, -0.1) is 11.3 Å². The second-order valence-electron chi connectivity index (χ2n) is 4.85. The van der Waals surface area contributed by atoms with Gasteiger partial charge in [0.2, 0.25) is 0 Å². The van der Waals surface area contributed by atoms with Crippen molar-refractivity contribution in [3.8, 4) is 22.1 Å². The number of aryl methyl sites for hydroxylation is 1. The van der Waals surface area contributed by atoms with Gasteiger partial charge in [0.1, 0.15) is 11.2 Å². The molecule has 1 aromatic carbocycles. The molecule has 0 atom stereocenters. The maximum Gasteiger partial charge on any atom is 0.260 e. The van der Waals surface area contributed by atoms with Gasteiger partial charge in [0.05, 0.1) is 5.39 Å². The lowest BCUT2D eigenvalue weighted by molar-refractivity contribution is 1.06. The fourth-order valence-electron chi connectivity index (χ4n) is 2.44. The molecule has 0 saturated carbocycles. The molecule has 0 aliphatic rings. The van der Waals surface area contributed by atoms with Crippen molar-refractivity contribution in [2.45, 2.75) is 6.92 Å². The summed E-state index contributed by atoms with van der Waals surface area (Å²) in [6.07, 6.45) is 1.38. The summed E-state index contributed by atoms with van der Waals surface area (Å²) in [5, 5.41) is 7.12. The van der Waals surface area contributed by atoms with Crippen molar-refractivity contribution < 1.29 is 0 Å². The average molecular weight is 309 g/mol. The minimum atomic E-state index is -0.160. The van der Waals surface area contributed by atoms with Crippen LogP contribution in [0, 0.1) is 6.92 Å². The smallest absolute Gasteiger partial charge is 0.260 e. The summed E-state index contributed by atoms with van der Waals surface area (Å²) in [4.78, 5) is 25.5. The molecule has 108 valence electrons. The normalized spacial score (nSPS) is 11.1. The summed E-state index contributed by atoms with van der Waals surface area (Å²) in [6.45, 7) is 1.95. The lowest BCUT2D eigenvalue weighted by atomic mass is 10.1. The summed E-state index contributed by atoms with van der Waals surface area (Å²) in [5.74, 6) is 0.849. The zero-order valence-corrected chi connectivity index (χ0v) is 12.4. The van der Waals surface area contributed by atoms with E-state index in [2.05, 4.69) is 25.1 Å². The van der Waals surface area contributed by atoms with Gasteiger partial charge in [-0.2, -0.15) is 5.10 Å². The van der Waals surface area contributed by atoms with Gasteiger partial charge in [-0.25, -0.2) is 9.97 Å². The minimum Gasteiger partial charge on any atom is -0.303 e. The third-order valence-electron chi connectivity index (χ3n) is 3.48. The van der Waals surface area contributed by atoms with E-state index >= 15 is 0 Å². The van der Waals surface area contributed by atoms with Crippen LogP contribution < -0.4 is 5.56 Å². The van der Waals surface area contributed by atoms with E-state index in [1.807, 2.05) is 37.3 Å². The highest BCUT2D eigenvalue weighted by atomic mass is 32.1. The van der Waals surface area contributed by atoms with Gasteiger partial charge < -0.3 is 4.98 Å². The molecule has 7 heteroatoms. The van der Waals surface area contributed by atoms with Gasteiger partial charge in [-0.1, -0.05) is 30.3 Å². The van der Waals surface area contributed by atoms with E-state index in [4.69, 9.17) is 0 Å². The van der Waals surface area contributed by atoms with Crippen LogP contribution in [0.4, 0.5) is 0 Å². The summed E-state index contributed by atoms with van der Waals surface area (Å²) in [7, 11) is 0. The number of hydrogen-bond donors (Lipinski definition) is 2. The molecule has 0 aliphatic carbocycles. The molecule has 22 heavy (non-hydrogen) atoms. The molecule has 0 aliphatic heterocycles. The standard InChI is InChI=1S/C15H11N5OS/c1-8-10-14(21)18-13(12-16-7-17-20-12)19-15(10)22-11(8)9-5-3-2-4-6-9/h2-7H,1H3,(H,16,17,20)(H,18,19,21). The van der Waals surface area contributed by atoms with Gasteiger partial charge in [0, 0.05) is 4.88 Å². The fraction of sp³-hybridized carbons (Fsp3) is 0.0667. The number of H-pyrrole nitrogens is 2. The SMILES string of the molecule is Cc1c(-c2ccccc2)sc2nc(-c3ncn[nH]3)[nH]c(=O)c12. The second-order valence-corrected chi connectivity index (χ2v) is 5.85. The number of fused-ring (bicyclic) bond motifs is 1. The van der Waals surface area contributed by atoms with Crippen LogP contribution in [0.1, 0.15) is 5.56 Å². The molecule has 0 radical (unpaired) electrons. The van der Waals surface area contributed by atoms with Crippen LogP contribution >= 0.6 is 11.3 Å². The average Bonchev–Trinajstić information content (AvgIpc) is 3.16. The summed E-state index contributed by atoms with van der Waals surface area (Å²) in [6, 6.07) is 10.00. The quantitative estimate of drug-likeness (QED) is 0.596. The molecule has 0 saturated heterocycles. The Morgan fingerprint density at radius 2 is 1.95 bits per heavy atom. The molecule has 4 rings (SSSR count). The predicted molar refractivity (Wildman–Crippen MR) is 85.8 cm³/mol. The van der Waals surface area contributed by atoms with Gasteiger partial charge >= 0.3 is 0 Å². The molecular weight excluding hydrogens is 298 g/mol. The molecule has 0 amide bonds. The van der Waals surface area contributed by atoms with Gasteiger partial charge in [0.15, 0.2) is 11.6 Å². The van der Waals surface area contributed by atoms with Gasteiger partial charge in [-0.05, 0) is 18.1 Å². The molecule has 0 spiro atoms. The third-order valence-corrected chi connectivity index (χ3v) is 4.71. The highest BCUT2D eigenvalue weighted by Gasteiger charge is 2.16. The Morgan fingerprint density at radius 3 is 2.68 bits per heavy atom. The van der Waals surface area contributed by atoms with E-state index in [0.717, 1.165) is 16.0 Å². The number of benzene rings is 1. The monoisotopic (exact) mass is 309 g/mol. The molecule has 4 aromatic rings. The van der Waals surface area contributed by atoms with Crippen molar-refractivity contribution in [1.29, 1.82) is 0 Å². The number of aromatic nitrogens is 5. The first-order valence-corrected chi connectivity index (χ1v) is 7.50. The van der Waals surface area contributed by atoms with E-state index in [0.29, 0.717) is 21.9 Å². The van der Waals surface area contributed by atoms with Crippen LogP contribution in [0.2, 0.25) is 0 Å². The maximum absolute atomic E-state index is 12.4. The highest BCUT2D eigenvalue weighted by Crippen LogP contribution is 2.35. The molecule has 0 fully saturated rings. The Balaban J connectivity index is 1.98. The molecule has 0 bridgehead atoms. The van der Waals surface area contributed by atoms with Crippen LogP contribution in [0.15, 0.2) is 41.5 Å². The van der Waals surface area contributed by atoms with Crippen LogP contribution in [0.5, 0.6) is 0 Å². The van der Waals surface area contributed by atoms with E-state index in [-0.39, 0.29) is 5.56 Å². The first-order valence-electron chi connectivity index (χ1n) is 6.68. The largest absolute Gasteiger partial charge is 0.303 e. The van der Waals surface area contributed by atoms with E-state index in [1.54, 1.807) is 0 Å². The van der Waals surface area contributed by atoms with Gasteiger partial charge in [-0.3, -0.25) is 9.89 Å². The Kier molecular flexibility index (Phi) is 2.87. The molecule has 3 aromatic heterocycles. The summed E-state index contributed by atoms with van der Waals surface area (Å²) >= 11 is 1.51. The van der Waals surface area contributed by atoms with E-state index in [1.165, 1.54) is 17.7 Å². The number of hydrogen-bond acceptors (Lipinski definition) is 5. The number of nitrogens with one attached hydrogen (secondary N) is 2. The Bertz CT molecular complexity index is 1000. The van der Waals surface area contributed by atoms with Crippen molar-refractivity contribution in [3.05, 3.63) is 52.6 Å². The van der Waals surface area contributed by atoms with Gasteiger partial charge in [0.25, 0.3) is 5.56 Å². The van der Waals surface area contributed by atoms with Crippen LogP contribution in [-0.4, -0.2) is 25.1 Å². The van der Waals surface area contributed by atoms with Crippen LogP contribution in [-0.2, 0) is 0 Å². The lowest BCUT2D eigenvalue weighted by Gasteiger charge is -1.98. The van der Waals surface area contributed by atoms with Crippen LogP contribution in [0.25, 0.3) is 32.3 Å². The second kappa shape index (κ2) is 4.88. The molecule has 2 N–H and O–H groups in total. The molecular formula is C15H11N5OS. The molecule has 6 nitrogen and oxygen atoms in total. The molecule has 3 heterocycles. The zero-order valence-electron chi connectivity index (χ0n) is 11.6. The Morgan fingerprint density at radius 1 is 1.14 bits per heavy atom. The first-order chi connectivity index (χ1) is 10.7. The topological polar surface area (TPSA) is 87.3 Å². The van der Waals surface area contributed by atoms with Crippen molar-refractivity contribution >= 4 is 21.6 Å². The fourth-order valence-corrected chi connectivity index (χ4v) is 3.63. The van der Waals surface area contributed by atoms with Crippen LogP contribution in [0.3, 0.4) is 0 Å². The van der Waals surface area contributed by atoms with Crippen molar-refractivity contribution in [2.24, 2.45) is 0 Å². The number of thiophene rings is 1. The number of nitrogens with zero attached hydrogens (tertiary/aromatic N) is 3. The zero-order chi connectivity index (χ0) is 15.1. The lowest BCUT2D eigenvalue weighted by Crippen LogP contribution is -2.09. The predicted octanol–water partition coefficient (Wildman–Crippen LogP) is 2.75. The number of rotatable bonds is 2. The highest BCUT2D eigenvalue weighted by molar-refractivity contribution is 7.22. The summed E-state index contributed by atoms with van der Waals surface area (Å²) < 4.78 is 0. The third kappa shape index (κ3) is 1.94. The Hall–Kier alpha value is -2.80. The van der Waals surface area contributed by atoms with Crippen molar-refractivity contribution in [1.82, 2.24) is 25.1 Å². The first kappa shape index (κ1) is 12.9. The Labute approximate surface area is 128 Å².